The molecule has 0 spiro atoms. The molecule has 20 heavy (non-hydrogen) atoms. The lowest BCUT2D eigenvalue weighted by molar-refractivity contribution is -0.147. The van der Waals surface area contributed by atoms with Crippen molar-refractivity contribution in [1.29, 1.82) is 0 Å². The van der Waals surface area contributed by atoms with Gasteiger partial charge in [-0.15, -0.1) is 0 Å². The minimum atomic E-state index is -1.47. The second-order valence-electron chi connectivity index (χ2n) is 5.40. The van der Waals surface area contributed by atoms with Crippen LogP contribution in [0.2, 0.25) is 0 Å². The van der Waals surface area contributed by atoms with Crippen molar-refractivity contribution in [1.82, 2.24) is 10.2 Å². The molecule has 1 heterocycles. The molecule has 0 bridgehead atoms. The van der Waals surface area contributed by atoms with Crippen LogP contribution in [0.15, 0.2) is 0 Å². The maximum Gasteiger partial charge on any atom is 0.332 e. The Balaban J connectivity index is 1.79. The topological polar surface area (TPSA) is 107 Å². The summed E-state index contributed by atoms with van der Waals surface area (Å²) in [6.07, 6.45) is 1.77. The van der Waals surface area contributed by atoms with Gasteiger partial charge in [0.2, 0.25) is 11.8 Å². The summed E-state index contributed by atoms with van der Waals surface area (Å²) in [5.41, 5.74) is 0. The predicted octanol–water partition coefficient (Wildman–Crippen LogP) is -0.661. The van der Waals surface area contributed by atoms with E-state index in [9.17, 15) is 14.4 Å². The van der Waals surface area contributed by atoms with E-state index in [2.05, 4.69) is 5.32 Å². The number of likely N-dealkylation sites (tertiary alicyclic amines) is 1. The third kappa shape index (κ3) is 3.47. The fourth-order valence-corrected chi connectivity index (χ4v) is 2.44. The summed E-state index contributed by atoms with van der Waals surface area (Å²) in [6.45, 7) is 0.708. The van der Waals surface area contributed by atoms with Gasteiger partial charge in [-0.1, -0.05) is 0 Å². The van der Waals surface area contributed by atoms with E-state index < -0.39 is 18.1 Å². The van der Waals surface area contributed by atoms with Crippen molar-refractivity contribution in [2.75, 3.05) is 13.1 Å². The van der Waals surface area contributed by atoms with Gasteiger partial charge in [-0.25, -0.2) is 4.79 Å². The number of carbonyl (C=O) groups excluding carboxylic acids is 2. The summed E-state index contributed by atoms with van der Waals surface area (Å²) >= 11 is 0. The van der Waals surface area contributed by atoms with E-state index in [1.807, 2.05) is 0 Å². The molecule has 1 aliphatic heterocycles. The first kappa shape index (κ1) is 14.8. The highest BCUT2D eigenvalue weighted by Crippen LogP contribution is 2.33. The highest BCUT2D eigenvalue weighted by molar-refractivity contribution is 5.90. The average molecular weight is 284 g/mol. The number of amides is 2. The molecule has 3 N–H and O–H groups in total. The molecule has 2 aliphatic rings. The fraction of sp³-hybridized carbons (Fsp3) is 0.769. The molecule has 2 amide bonds. The third-order valence-corrected chi connectivity index (χ3v) is 3.77. The molecule has 0 aromatic heterocycles. The Morgan fingerprint density at radius 1 is 1.25 bits per heavy atom. The Hall–Kier alpha value is -1.63. The molecule has 2 fully saturated rings. The van der Waals surface area contributed by atoms with E-state index in [0.717, 1.165) is 19.3 Å². The molecule has 1 saturated carbocycles. The first-order valence-corrected chi connectivity index (χ1v) is 6.99. The Morgan fingerprint density at radius 2 is 1.95 bits per heavy atom. The second kappa shape index (κ2) is 6.21. The molecule has 7 heteroatoms. The van der Waals surface area contributed by atoms with Crippen LogP contribution in [0.5, 0.6) is 0 Å². The molecule has 2 rings (SSSR count). The maximum atomic E-state index is 12.0. The number of aliphatic hydroxyl groups excluding tert-OH is 1. The zero-order valence-corrected chi connectivity index (χ0v) is 11.2. The molecule has 7 nitrogen and oxygen atoms in total. The first-order valence-electron chi connectivity index (χ1n) is 6.99. The van der Waals surface area contributed by atoms with Crippen LogP contribution in [0.25, 0.3) is 0 Å². The van der Waals surface area contributed by atoms with Crippen LogP contribution in [0, 0.1) is 5.92 Å². The number of nitrogens with one attached hydrogen (secondary N) is 1. The lowest BCUT2D eigenvalue weighted by atomic mass is 10.2. The van der Waals surface area contributed by atoms with Crippen molar-refractivity contribution < 1.29 is 24.6 Å². The van der Waals surface area contributed by atoms with Gasteiger partial charge >= 0.3 is 5.97 Å². The van der Waals surface area contributed by atoms with E-state index in [1.165, 1.54) is 0 Å². The van der Waals surface area contributed by atoms with Crippen LogP contribution in [0.3, 0.4) is 0 Å². The van der Waals surface area contributed by atoms with Gasteiger partial charge in [0.25, 0.3) is 0 Å². The van der Waals surface area contributed by atoms with Crippen LogP contribution in [0.1, 0.15) is 32.1 Å². The lowest BCUT2D eigenvalue weighted by Crippen LogP contribution is -2.47. The minimum absolute atomic E-state index is 0.0373. The van der Waals surface area contributed by atoms with Crippen molar-refractivity contribution in [2.45, 2.75) is 44.2 Å². The van der Waals surface area contributed by atoms with Gasteiger partial charge in [0, 0.05) is 25.4 Å². The normalized spacial score (nSPS) is 23.4. The number of hydrogen-bond donors (Lipinski definition) is 3. The first-order chi connectivity index (χ1) is 9.50. The standard InChI is InChI=1S/C13H20N2O5/c16-10(13(19)20)5-6-14-11(17)9-2-1-7-15(9)12(18)8-3-4-8/h8-10,16H,1-7H2,(H,14,17)(H,19,20)/t9?,10-/m0/s1. The molecular formula is C13H20N2O5. The molecule has 0 radical (unpaired) electrons. The van der Waals surface area contributed by atoms with Crippen molar-refractivity contribution in [3.8, 4) is 0 Å². The van der Waals surface area contributed by atoms with Gasteiger partial charge in [0.1, 0.15) is 6.04 Å². The number of rotatable bonds is 6. The zero-order chi connectivity index (χ0) is 14.7. The number of carboxylic acids is 1. The third-order valence-electron chi connectivity index (χ3n) is 3.77. The van der Waals surface area contributed by atoms with Gasteiger partial charge in [0.15, 0.2) is 6.10 Å². The van der Waals surface area contributed by atoms with Gasteiger partial charge in [0.05, 0.1) is 0 Å². The Bertz CT molecular complexity index is 408. The summed E-state index contributed by atoms with van der Waals surface area (Å²) in [6, 6.07) is -0.440. The highest BCUT2D eigenvalue weighted by atomic mass is 16.4. The summed E-state index contributed by atoms with van der Waals surface area (Å²) in [4.78, 5) is 36.1. The molecule has 0 aromatic rings. The molecule has 1 aliphatic carbocycles. The molecule has 0 aromatic carbocycles. The smallest absolute Gasteiger partial charge is 0.332 e. The molecule has 2 atom stereocenters. The Labute approximate surface area is 116 Å². The van der Waals surface area contributed by atoms with Crippen LogP contribution < -0.4 is 5.32 Å². The Morgan fingerprint density at radius 3 is 2.55 bits per heavy atom. The summed E-state index contributed by atoms with van der Waals surface area (Å²) in [7, 11) is 0. The molecule has 1 unspecified atom stereocenters. The zero-order valence-electron chi connectivity index (χ0n) is 11.2. The molecule has 1 saturated heterocycles. The van der Waals surface area contributed by atoms with E-state index in [1.54, 1.807) is 4.90 Å². The largest absolute Gasteiger partial charge is 0.479 e. The van der Waals surface area contributed by atoms with Crippen LogP contribution in [-0.2, 0) is 14.4 Å². The SMILES string of the molecule is O=C(NCC[C@H](O)C(=O)O)C1CCCN1C(=O)C1CC1. The predicted molar refractivity (Wildman–Crippen MR) is 68.7 cm³/mol. The number of hydrogen-bond acceptors (Lipinski definition) is 4. The number of nitrogens with zero attached hydrogens (tertiary/aromatic N) is 1. The van der Waals surface area contributed by atoms with E-state index in [-0.39, 0.29) is 30.7 Å². The van der Waals surface area contributed by atoms with Gasteiger partial charge in [-0.3, -0.25) is 9.59 Å². The highest BCUT2D eigenvalue weighted by Gasteiger charge is 2.40. The van der Waals surface area contributed by atoms with Crippen molar-refractivity contribution in [2.24, 2.45) is 5.92 Å². The Kier molecular flexibility index (Phi) is 4.59. The van der Waals surface area contributed by atoms with E-state index >= 15 is 0 Å². The monoisotopic (exact) mass is 284 g/mol. The van der Waals surface area contributed by atoms with Crippen LogP contribution in [0.4, 0.5) is 0 Å². The summed E-state index contributed by atoms with van der Waals surface area (Å²) in [5.74, 6) is -1.40. The molecular weight excluding hydrogens is 264 g/mol. The number of carboxylic acid groups (broad SMARTS) is 1. The van der Waals surface area contributed by atoms with E-state index in [0.29, 0.717) is 13.0 Å². The lowest BCUT2D eigenvalue weighted by Gasteiger charge is -2.24. The van der Waals surface area contributed by atoms with Gasteiger partial charge in [-0.2, -0.15) is 0 Å². The van der Waals surface area contributed by atoms with E-state index in [4.69, 9.17) is 10.2 Å². The number of aliphatic hydroxyl groups is 1. The van der Waals surface area contributed by atoms with Crippen LogP contribution in [-0.4, -0.2) is 58.1 Å². The maximum absolute atomic E-state index is 12.0. The van der Waals surface area contributed by atoms with Crippen molar-refractivity contribution >= 4 is 17.8 Å². The minimum Gasteiger partial charge on any atom is -0.479 e. The second-order valence-corrected chi connectivity index (χ2v) is 5.40. The van der Waals surface area contributed by atoms with Gasteiger partial charge < -0.3 is 20.4 Å². The van der Waals surface area contributed by atoms with Crippen molar-refractivity contribution in [3.63, 3.8) is 0 Å². The number of carbonyl (C=O) groups is 3. The average Bonchev–Trinajstić information content (AvgIpc) is 3.14. The number of aliphatic carboxylic acids is 1. The summed E-state index contributed by atoms with van der Waals surface area (Å²) < 4.78 is 0. The summed E-state index contributed by atoms with van der Waals surface area (Å²) in [5, 5.41) is 20.2. The van der Waals surface area contributed by atoms with Crippen LogP contribution >= 0.6 is 0 Å². The quantitative estimate of drug-likeness (QED) is 0.600. The van der Waals surface area contributed by atoms with Crippen molar-refractivity contribution in [3.05, 3.63) is 0 Å². The van der Waals surface area contributed by atoms with Gasteiger partial charge in [-0.05, 0) is 25.7 Å². The fourth-order valence-electron chi connectivity index (χ4n) is 2.44. The molecule has 112 valence electrons.